The SMILES string of the molecule is COc1ccccc1-n1nnnc1SCC[C@H]1CCCCN1C. The van der Waals surface area contributed by atoms with E-state index in [1.54, 1.807) is 23.6 Å². The van der Waals surface area contributed by atoms with Crippen molar-refractivity contribution in [1.29, 1.82) is 0 Å². The fraction of sp³-hybridized carbons (Fsp3) is 0.562. The van der Waals surface area contributed by atoms with Gasteiger partial charge in [0, 0.05) is 11.8 Å². The van der Waals surface area contributed by atoms with Gasteiger partial charge in [-0.2, -0.15) is 4.68 Å². The number of nitrogens with zero attached hydrogens (tertiary/aromatic N) is 5. The van der Waals surface area contributed by atoms with E-state index in [1.165, 1.54) is 32.2 Å². The average molecular weight is 333 g/mol. The van der Waals surface area contributed by atoms with E-state index in [1.807, 2.05) is 24.3 Å². The van der Waals surface area contributed by atoms with Crippen molar-refractivity contribution in [3.8, 4) is 11.4 Å². The molecule has 23 heavy (non-hydrogen) atoms. The first-order valence-electron chi connectivity index (χ1n) is 8.04. The van der Waals surface area contributed by atoms with Crippen LogP contribution in [0.3, 0.4) is 0 Å². The molecule has 2 aromatic rings. The summed E-state index contributed by atoms with van der Waals surface area (Å²) in [5.41, 5.74) is 0.872. The van der Waals surface area contributed by atoms with E-state index in [-0.39, 0.29) is 0 Å². The third-order valence-electron chi connectivity index (χ3n) is 4.36. The highest BCUT2D eigenvalue weighted by Gasteiger charge is 2.19. The van der Waals surface area contributed by atoms with Crippen molar-refractivity contribution in [2.75, 3.05) is 26.5 Å². The monoisotopic (exact) mass is 333 g/mol. The van der Waals surface area contributed by atoms with E-state index in [0.717, 1.165) is 22.3 Å². The quantitative estimate of drug-likeness (QED) is 0.758. The maximum atomic E-state index is 5.41. The molecule has 1 aromatic carbocycles. The first-order chi connectivity index (χ1) is 11.3. The lowest BCUT2D eigenvalue weighted by molar-refractivity contribution is 0.182. The lowest BCUT2D eigenvalue weighted by Gasteiger charge is -2.32. The van der Waals surface area contributed by atoms with Gasteiger partial charge in [-0.3, -0.25) is 0 Å². The molecule has 0 spiro atoms. The van der Waals surface area contributed by atoms with Crippen LogP contribution in [0.15, 0.2) is 29.4 Å². The lowest BCUT2D eigenvalue weighted by atomic mass is 10.0. The van der Waals surface area contributed by atoms with E-state index in [4.69, 9.17) is 4.74 Å². The predicted octanol–water partition coefficient (Wildman–Crippen LogP) is 2.64. The summed E-state index contributed by atoms with van der Waals surface area (Å²) < 4.78 is 7.16. The van der Waals surface area contributed by atoms with Crippen molar-refractivity contribution in [3.05, 3.63) is 24.3 Å². The molecule has 0 saturated carbocycles. The molecular formula is C16H23N5OS. The van der Waals surface area contributed by atoms with Crippen molar-refractivity contribution in [2.45, 2.75) is 36.9 Å². The second kappa shape index (κ2) is 7.79. The number of rotatable bonds is 6. The Morgan fingerprint density at radius 1 is 1.30 bits per heavy atom. The number of aromatic nitrogens is 4. The minimum absolute atomic E-state index is 0.687. The van der Waals surface area contributed by atoms with Crippen molar-refractivity contribution < 1.29 is 4.74 Å². The number of para-hydroxylation sites is 2. The molecule has 2 heterocycles. The molecule has 0 amide bonds. The topological polar surface area (TPSA) is 56.1 Å². The van der Waals surface area contributed by atoms with Gasteiger partial charge in [0.05, 0.1) is 7.11 Å². The summed E-state index contributed by atoms with van der Waals surface area (Å²) in [5, 5.41) is 12.9. The fourth-order valence-electron chi connectivity index (χ4n) is 3.02. The molecule has 0 aliphatic carbocycles. The highest BCUT2D eigenvalue weighted by Crippen LogP contribution is 2.27. The third-order valence-corrected chi connectivity index (χ3v) is 5.31. The summed E-state index contributed by atoms with van der Waals surface area (Å²) in [6.45, 7) is 1.22. The van der Waals surface area contributed by atoms with Gasteiger partial charge in [-0.15, -0.1) is 5.10 Å². The van der Waals surface area contributed by atoms with Gasteiger partial charge in [0.1, 0.15) is 11.4 Å². The Balaban J connectivity index is 1.65. The Labute approximate surface area is 141 Å². The number of hydrogen-bond donors (Lipinski definition) is 0. The lowest BCUT2D eigenvalue weighted by Crippen LogP contribution is -2.36. The second-order valence-electron chi connectivity index (χ2n) is 5.81. The summed E-state index contributed by atoms with van der Waals surface area (Å²) in [5.74, 6) is 1.79. The second-order valence-corrected chi connectivity index (χ2v) is 6.87. The van der Waals surface area contributed by atoms with Crippen LogP contribution in [-0.2, 0) is 0 Å². The largest absolute Gasteiger partial charge is 0.494 e. The van der Waals surface area contributed by atoms with Crippen LogP contribution in [-0.4, -0.2) is 57.6 Å². The molecule has 1 aliphatic rings. The van der Waals surface area contributed by atoms with Crippen LogP contribution in [0.25, 0.3) is 5.69 Å². The number of benzene rings is 1. The number of hydrogen-bond acceptors (Lipinski definition) is 6. The Bertz CT molecular complexity index is 632. The highest BCUT2D eigenvalue weighted by atomic mass is 32.2. The standard InChI is InChI=1S/C16H23N5OS/c1-20-11-6-5-7-13(20)10-12-23-16-17-18-19-21(16)14-8-3-4-9-15(14)22-2/h3-4,8-9,13H,5-7,10-12H2,1-2H3/t13-/m1/s1. The van der Waals surface area contributed by atoms with E-state index < -0.39 is 0 Å². The molecule has 1 saturated heterocycles. The summed E-state index contributed by atoms with van der Waals surface area (Å²) >= 11 is 1.71. The maximum absolute atomic E-state index is 5.41. The van der Waals surface area contributed by atoms with Crippen molar-refractivity contribution in [2.24, 2.45) is 0 Å². The molecular weight excluding hydrogens is 310 g/mol. The summed E-state index contributed by atoms with van der Waals surface area (Å²) in [6, 6.07) is 8.48. The molecule has 3 rings (SSSR count). The molecule has 0 radical (unpaired) electrons. The van der Waals surface area contributed by atoms with Crippen molar-refractivity contribution >= 4 is 11.8 Å². The first kappa shape index (κ1) is 16.3. The number of likely N-dealkylation sites (tertiary alicyclic amines) is 1. The zero-order valence-corrected chi connectivity index (χ0v) is 14.5. The number of thioether (sulfide) groups is 1. The number of methoxy groups -OCH3 is 1. The number of ether oxygens (including phenoxy) is 1. The van der Waals surface area contributed by atoms with E-state index in [0.29, 0.717) is 6.04 Å². The molecule has 0 unspecified atom stereocenters. The normalized spacial score (nSPS) is 19.0. The minimum Gasteiger partial charge on any atom is -0.494 e. The molecule has 0 bridgehead atoms. The Hall–Kier alpha value is -1.60. The molecule has 1 aromatic heterocycles. The Morgan fingerprint density at radius 3 is 3.00 bits per heavy atom. The van der Waals surface area contributed by atoms with Gasteiger partial charge >= 0.3 is 0 Å². The molecule has 0 N–H and O–H groups in total. The first-order valence-corrected chi connectivity index (χ1v) is 9.03. The summed E-state index contributed by atoms with van der Waals surface area (Å²) in [4.78, 5) is 2.48. The number of piperidine rings is 1. The highest BCUT2D eigenvalue weighted by molar-refractivity contribution is 7.99. The molecule has 6 nitrogen and oxygen atoms in total. The minimum atomic E-state index is 0.687. The predicted molar refractivity (Wildman–Crippen MR) is 91.3 cm³/mol. The summed E-state index contributed by atoms with van der Waals surface area (Å²) in [6.07, 6.45) is 5.14. The van der Waals surface area contributed by atoms with Crippen molar-refractivity contribution in [1.82, 2.24) is 25.1 Å². The zero-order chi connectivity index (χ0) is 16.1. The molecule has 124 valence electrons. The van der Waals surface area contributed by atoms with Crippen molar-refractivity contribution in [3.63, 3.8) is 0 Å². The van der Waals surface area contributed by atoms with E-state index in [9.17, 15) is 0 Å². The molecule has 1 aliphatic heterocycles. The van der Waals surface area contributed by atoms with Gasteiger partial charge in [0.15, 0.2) is 0 Å². The van der Waals surface area contributed by atoms with Crippen LogP contribution in [0.4, 0.5) is 0 Å². The Morgan fingerprint density at radius 2 is 2.17 bits per heavy atom. The number of tetrazole rings is 1. The van der Waals surface area contributed by atoms with Crippen LogP contribution in [0.5, 0.6) is 5.75 Å². The average Bonchev–Trinajstić information content (AvgIpc) is 3.05. The molecule has 1 atom stereocenters. The van der Waals surface area contributed by atoms with Crippen LogP contribution >= 0.6 is 11.8 Å². The van der Waals surface area contributed by atoms with Gasteiger partial charge in [-0.1, -0.05) is 30.3 Å². The molecule has 7 heteroatoms. The van der Waals surface area contributed by atoms with Crippen LogP contribution < -0.4 is 4.74 Å². The molecule has 1 fully saturated rings. The Kier molecular flexibility index (Phi) is 5.51. The fourth-order valence-corrected chi connectivity index (χ4v) is 3.94. The zero-order valence-electron chi connectivity index (χ0n) is 13.7. The maximum Gasteiger partial charge on any atom is 0.214 e. The van der Waals surface area contributed by atoms with Gasteiger partial charge < -0.3 is 9.64 Å². The van der Waals surface area contributed by atoms with Gasteiger partial charge in [0.2, 0.25) is 5.16 Å². The smallest absolute Gasteiger partial charge is 0.214 e. The van der Waals surface area contributed by atoms with Gasteiger partial charge in [-0.25, -0.2) is 0 Å². The van der Waals surface area contributed by atoms with Crippen LogP contribution in [0, 0.1) is 0 Å². The van der Waals surface area contributed by atoms with E-state index in [2.05, 4.69) is 27.5 Å². The van der Waals surface area contributed by atoms with Crippen LogP contribution in [0.2, 0.25) is 0 Å². The summed E-state index contributed by atoms with van der Waals surface area (Å²) in [7, 11) is 3.89. The van der Waals surface area contributed by atoms with Gasteiger partial charge in [-0.05, 0) is 55.4 Å². The van der Waals surface area contributed by atoms with Gasteiger partial charge in [0.25, 0.3) is 0 Å². The van der Waals surface area contributed by atoms with Crippen LogP contribution in [0.1, 0.15) is 25.7 Å². The van der Waals surface area contributed by atoms with E-state index >= 15 is 0 Å². The third kappa shape index (κ3) is 3.84.